The van der Waals surface area contributed by atoms with Gasteiger partial charge in [0.1, 0.15) is 0 Å². The quantitative estimate of drug-likeness (QED) is 0.445. The maximum Gasteiger partial charge on any atom is 0.154 e. The van der Waals surface area contributed by atoms with E-state index in [2.05, 4.69) is 0 Å². The maximum atomic E-state index is 10.1. The minimum Gasteiger partial charge on any atom is -0.330 e. The lowest BCUT2D eigenvalue weighted by Gasteiger charge is -2.04. The van der Waals surface area contributed by atoms with Gasteiger partial charge < -0.3 is 16.0 Å². The smallest absolute Gasteiger partial charge is 0.154 e. The summed E-state index contributed by atoms with van der Waals surface area (Å²) in [5.74, 6) is 0.122. The molecule has 0 spiro atoms. The van der Waals surface area contributed by atoms with Gasteiger partial charge in [-0.05, 0) is 13.0 Å². The Bertz CT molecular complexity index is 98.6. The van der Waals surface area contributed by atoms with Crippen molar-refractivity contribution in [3.05, 3.63) is 0 Å². The summed E-state index contributed by atoms with van der Waals surface area (Å²) >= 11 is -1.78. The topological polar surface area (TPSA) is 89.3 Å². The maximum absolute atomic E-state index is 10.1. The first-order valence-electron chi connectivity index (χ1n) is 2.70. The molecule has 0 aromatic rings. The van der Waals surface area contributed by atoms with Crippen molar-refractivity contribution in [2.24, 2.45) is 11.5 Å². The van der Waals surface area contributed by atoms with Crippen molar-refractivity contribution in [2.75, 3.05) is 12.3 Å². The van der Waals surface area contributed by atoms with Gasteiger partial charge in [0.2, 0.25) is 0 Å². The lowest BCUT2D eigenvalue weighted by Crippen LogP contribution is -2.29. The molecular formula is C4H12N2O2S. The van der Waals surface area contributed by atoms with E-state index in [1.54, 1.807) is 0 Å². The Labute approximate surface area is 56.9 Å². The Hall–Kier alpha value is 0.0300. The zero-order chi connectivity index (χ0) is 7.28. The molecule has 5 N–H and O–H groups in total. The predicted molar refractivity (Wildman–Crippen MR) is 37.3 cm³/mol. The molecule has 0 bridgehead atoms. The molecule has 0 aliphatic rings. The Kier molecular flexibility index (Phi) is 4.88. The van der Waals surface area contributed by atoms with Crippen LogP contribution in [0, 0.1) is 0 Å². The fraction of sp³-hybridized carbons (Fsp3) is 1.00. The fourth-order valence-electron chi connectivity index (χ4n) is 0.481. The van der Waals surface area contributed by atoms with E-state index in [1.807, 2.05) is 0 Å². The second kappa shape index (κ2) is 4.87. The van der Waals surface area contributed by atoms with E-state index in [1.165, 1.54) is 0 Å². The molecule has 0 saturated heterocycles. The Morgan fingerprint density at radius 2 is 2.22 bits per heavy atom. The molecule has 5 heteroatoms. The van der Waals surface area contributed by atoms with E-state index < -0.39 is 11.1 Å². The molecular weight excluding hydrogens is 140 g/mol. The van der Waals surface area contributed by atoms with Crippen LogP contribution >= 0.6 is 0 Å². The molecule has 0 aromatic carbocycles. The highest BCUT2D eigenvalue weighted by Gasteiger charge is 2.03. The predicted octanol–water partition coefficient (Wildman–Crippen LogP) is -1.12. The number of hydrogen-bond acceptors (Lipinski definition) is 3. The summed E-state index contributed by atoms with van der Waals surface area (Å²) in [4.78, 5) is 0. The third-order valence-corrected chi connectivity index (χ3v) is 1.61. The highest BCUT2D eigenvalue weighted by Crippen LogP contribution is 1.86. The van der Waals surface area contributed by atoms with Gasteiger partial charge in [-0.15, -0.1) is 0 Å². The monoisotopic (exact) mass is 152 g/mol. The lowest BCUT2D eigenvalue weighted by atomic mass is 10.2. The second-order valence-electron chi connectivity index (χ2n) is 1.83. The van der Waals surface area contributed by atoms with Crippen LogP contribution in [0.1, 0.15) is 6.42 Å². The van der Waals surface area contributed by atoms with Crippen LogP contribution < -0.4 is 11.5 Å². The van der Waals surface area contributed by atoms with Crippen molar-refractivity contribution in [1.29, 1.82) is 0 Å². The molecule has 0 heterocycles. The second-order valence-corrected chi connectivity index (χ2v) is 2.80. The zero-order valence-corrected chi connectivity index (χ0v) is 5.93. The summed E-state index contributed by atoms with van der Waals surface area (Å²) in [7, 11) is 0. The highest BCUT2D eigenvalue weighted by molar-refractivity contribution is 7.79. The first-order valence-corrected chi connectivity index (χ1v) is 3.97. The van der Waals surface area contributed by atoms with Crippen LogP contribution in [-0.4, -0.2) is 27.1 Å². The molecule has 0 fully saturated rings. The van der Waals surface area contributed by atoms with Crippen LogP contribution in [0.3, 0.4) is 0 Å². The van der Waals surface area contributed by atoms with E-state index in [-0.39, 0.29) is 11.8 Å². The summed E-state index contributed by atoms with van der Waals surface area (Å²) < 4.78 is 18.4. The molecule has 0 aliphatic heterocycles. The number of rotatable bonds is 4. The van der Waals surface area contributed by atoms with Crippen molar-refractivity contribution in [3.63, 3.8) is 0 Å². The number of nitrogens with two attached hydrogens (primary N) is 2. The van der Waals surface area contributed by atoms with Crippen LogP contribution in [0.25, 0.3) is 0 Å². The summed E-state index contributed by atoms with van der Waals surface area (Å²) in [6.07, 6.45) is 0.603. The molecule has 0 saturated carbocycles. The third-order valence-electron chi connectivity index (χ3n) is 0.894. The van der Waals surface area contributed by atoms with Crippen molar-refractivity contribution in [1.82, 2.24) is 0 Å². The SMILES string of the molecule is NCCC(N)CS(=O)O. The highest BCUT2D eigenvalue weighted by atomic mass is 32.2. The van der Waals surface area contributed by atoms with Crippen LogP contribution in [-0.2, 0) is 11.1 Å². The van der Waals surface area contributed by atoms with Crippen LogP contribution in [0.4, 0.5) is 0 Å². The Balaban J connectivity index is 3.26. The van der Waals surface area contributed by atoms with E-state index in [4.69, 9.17) is 16.0 Å². The molecule has 0 amide bonds. The molecule has 2 atom stereocenters. The van der Waals surface area contributed by atoms with Gasteiger partial charge >= 0.3 is 0 Å². The van der Waals surface area contributed by atoms with Gasteiger partial charge in [0.15, 0.2) is 11.1 Å². The van der Waals surface area contributed by atoms with Crippen LogP contribution in [0.15, 0.2) is 0 Å². The number of hydrogen-bond donors (Lipinski definition) is 3. The molecule has 4 nitrogen and oxygen atoms in total. The first kappa shape index (κ1) is 9.03. The Morgan fingerprint density at radius 3 is 2.56 bits per heavy atom. The third kappa shape index (κ3) is 5.91. The first-order chi connectivity index (χ1) is 4.16. The van der Waals surface area contributed by atoms with Gasteiger partial charge in [0.05, 0.1) is 5.75 Å². The van der Waals surface area contributed by atoms with Gasteiger partial charge in [0.25, 0.3) is 0 Å². The minimum absolute atomic E-state index is 0.122. The van der Waals surface area contributed by atoms with Crippen LogP contribution in [0.2, 0.25) is 0 Å². The van der Waals surface area contributed by atoms with E-state index in [9.17, 15) is 4.21 Å². The molecule has 56 valence electrons. The minimum atomic E-state index is -1.78. The molecule has 2 unspecified atom stereocenters. The zero-order valence-electron chi connectivity index (χ0n) is 5.12. The largest absolute Gasteiger partial charge is 0.330 e. The summed E-state index contributed by atoms with van der Waals surface area (Å²) in [6.45, 7) is 0.471. The van der Waals surface area contributed by atoms with Gasteiger partial charge in [0, 0.05) is 6.04 Å². The van der Waals surface area contributed by atoms with Gasteiger partial charge in [-0.3, -0.25) is 0 Å². The lowest BCUT2D eigenvalue weighted by molar-refractivity contribution is 0.551. The summed E-state index contributed by atoms with van der Waals surface area (Å²) in [6, 6.07) is -0.235. The standard InChI is InChI=1S/C4H12N2O2S/c5-2-1-4(6)3-9(7)8/h4H,1-3,5-6H2,(H,7,8). The van der Waals surface area contributed by atoms with Gasteiger partial charge in [-0.2, -0.15) is 0 Å². The van der Waals surface area contributed by atoms with Crippen LogP contribution in [0.5, 0.6) is 0 Å². The van der Waals surface area contributed by atoms with E-state index in [0.717, 1.165) is 0 Å². The fourth-order valence-corrected chi connectivity index (χ4v) is 1.01. The average Bonchev–Trinajstić information content (AvgIpc) is 1.63. The van der Waals surface area contributed by atoms with Crippen molar-refractivity contribution >= 4 is 11.1 Å². The molecule has 0 radical (unpaired) electrons. The van der Waals surface area contributed by atoms with Crippen molar-refractivity contribution in [2.45, 2.75) is 12.5 Å². The molecule has 9 heavy (non-hydrogen) atoms. The Morgan fingerprint density at radius 1 is 1.67 bits per heavy atom. The molecule has 0 rings (SSSR count). The van der Waals surface area contributed by atoms with E-state index >= 15 is 0 Å². The molecule has 0 aliphatic carbocycles. The summed E-state index contributed by atoms with van der Waals surface area (Å²) in [5, 5.41) is 0. The van der Waals surface area contributed by atoms with Gasteiger partial charge in [-0.25, -0.2) is 4.21 Å². The average molecular weight is 152 g/mol. The van der Waals surface area contributed by atoms with Crippen molar-refractivity contribution < 1.29 is 8.76 Å². The van der Waals surface area contributed by atoms with Gasteiger partial charge in [-0.1, -0.05) is 0 Å². The normalized spacial score (nSPS) is 17.2. The summed E-state index contributed by atoms with van der Waals surface area (Å²) in [5.41, 5.74) is 10.5. The molecule has 0 aromatic heterocycles. The van der Waals surface area contributed by atoms with Crippen molar-refractivity contribution in [3.8, 4) is 0 Å². The van der Waals surface area contributed by atoms with E-state index in [0.29, 0.717) is 13.0 Å².